The molecule has 0 unspecified atom stereocenters. The Labute approximate surface area is 181 Å². The van der Waals surface area contributed by atoms with Crippen molar-refractivity contribution in [3.05, 3.63) is 46.1 Å². The number of hydrogen-bond acceptors (Lipinski definition) is 6. The Morgan fingerprint density at radius 1 is 0.774 bits per heavy atom. The van der Waals surface area contributed by atoms with Crippen molar-refractivity contribution in [3.63, 3.8) is 0 Å². The zero-order valence-electron chi connectivity index (χ0n) is 17.9. The van der Waals surface area contributed by atoms with Gasteiger partial charge in [0.05, 0.1) is 5.56 Å². The van der Waals surface area contributed by atoms with Crippen molar-refractivity contribution in [2.45, 2.75) is 64.7 Å². The van der Waals surface area contributed by atoms with Gasteiger partial charge in [0.2, 0.25) is 0 Å². The van der Waals surface area contributed by atoms with Gasteiger partial charge in [-0.2, -0.15) is 0 Å². The van der Waals surface area contributed by atoms with Crippen LogP contribution in [0.25, 0.3) is 22.3 Å². The van der Waals surface area contributed by atoms with Crippen molar-refractivity contribution in [2.75, 3.05) is 0 Å². The van der Waals surface area contributed by atoms with Gasteiger partial charge in [-0.15, -0.1) is 0 Å². The van der Waals surface area contributed by atoms with Crippen molar-refractivity contribution in [1.29, 1.82) is 0 Å². The van der Waals surface area contributed by atoms with Crippen molar-refractivity contribution in [3.8, 4) is 34.3 Å². The van der Waals surface area contributed by atoms with E-state index in [9.17, 15) is 25.2 Å². The Morgan fingerprint density at radius 3 is 2.10 bits per heavy atom. The lowest BCUT2D eigenvalue weighted by Crippen LogP contribution is -2.11. The number of rotatable bonds is 10. The summed E-state index contributed by atoms with van der Waals surface area (Å²) < 4.78 is 5.90. The van der Waals surface area contributed by atoms with E-state index >= 15 is 0 Å². The Kier molecular flexibility index (Phi) is 7.45. The third-order valence-corrected chi connectivity index (χ3v) is 5.56. The molecule has 6 heteroatoms. The first-order valence-electron chi connectivity index (χ1n) is 11.0. The van der Waals surface area contributed by atoms with Crippen LogP contribution in [-0.4, -0.2) is 20.4 Å². The lowest BCUT2D eigenvalue weighted by atomic mass is 9.98. The number of phenolic OH excluding ortho intramolecular Hbond substituents is 4. The molecule has 0 radical (unpaired) electrons. The van der Waals surface area contributed by atoms with E-state index in [2.05, 4.69) is 6.92 Å². The topological polar surface area (TPSA) is 111 Å². The molecule has 0 aliphatic rings. The lowest BCUT2D eigenvalue weighted by molar-refractivity contribution is 0.449. The molecule has 2 aromatic carbocycles. The van der Waals surface area contributed by atoms with Crippen molar-refractivity contribution in [1.82, 2.24) is 0 Å². The van der Waals surface area contributed by atoms with Crippen LogP contribution in [0.15, 0.2) is 39.5 Å². The fourth-order valence-electron chi connectivity index (χ4n) is 3.91. The van der Waals surface area contributed by atoms with Crippen LogP contribution >= 0.6 is 0 Å². The van der Waals surface area contributed by atoms with Gasteiger partial charge in [-0.25, -0.2) is 0 Å². The molecule has 0 saturated heterocycles. The van der Waals surface area contributed by atoms with Crippen LogP contribution in [-0.2, 0) is 6.42 Å². The Balaban J connectivity index is 1.92. The summed E-state index contributed by atoms with van der Waals surface area (Å²) in [6.07, 6.45) is 9.37. The predicted molar refractivity (Wildman–Crippen MR) is 121 cm³/mol. The smallest absolute Gasteiger partial charge is 0.200 e. The number of hydrogen-bond donors (Lipinski definition) is 4. The minimum absolute atomic E-state index is 0.00869. The summed E-state index contributed by atoms with van der Waals surface area (Å²) >= 11 is 0. The maximum absolute atomic E-state index is 13.2. The maximum Gasteiger partial charge on any atom is 0.200 e. The molecule has 0 fully saturated rings. The molecular weight excluding hydrogens is 396 g/mol. The summed E-state index contributed by atoms with van der Waals surface area (Å²) in [6.45, 7) is 2.19. The second-order valence-corrected chi connectivity index (χ2v) is 8.00. The van der Waals surface area contributed by atoms with Gasteiger partial charge < -0.3 is 24.8 Å². The molecule has 0 spiro atoms. The minimum atomic E-state index is -0.385. The van der Waals surface area contributed by atoms with Gasteiger partial charge in [0.1, 0.15) is 39.7 Å². The molecule has 0 atom stereocenters. The van der Waals surface area contributed by atoms with E-state index < -0.39 is 0 Å². The number of unbranched alkanes of at least 4 members (excludes halogenated alkanes) is 7. The van der Waals surface area contributed by atoms with Crippen molar-refractivity contribution in [2.24, 2.45) is 0 Å². The molecule has 31 heavy (non-hydrogen) atoms. The Morgan fingerprint density at radius 2 is 1.42 bits per heavy atom. The third kappa shape index (κ3) is 5.32. The second kappa shape index (κ2) is 10.2. The molecule has 0 amide bonds. The summed E-state index contributed by atoms with van der Waals surface area (Å²) in [5, 5.41) is 40.0. The molecule has 3 rings (SSSR count). The molecule has 166 valence electrons. The largest absolute Gasteiger partial charge is 0.508 e. The zero-order chi connectivity index (χ0) is 22.4. The predicted octanol–water partition coefficient (Wildman–Crippen LogP) is 5.97. The van der Waals surface area contributed by atoms with Gasteiger partial charge in [-0.1, -0.05) is 51.9 Å². The van der Waals surface area contributed by atoms with E-state index in [4.69, 9.17) is 4.42 Å². The van der Waals surface area contributed by atoms with Gasteiger partial charge in [0, 0.05) is 23.8 Å². The molecule has 0 saturated carbocycles. The fourth-order valence-corrected chi connectivity index (χ4v) is 3.91. The van der Waals surface area contributed by atoms with E-state index in [0.717, 1.165) is 31.7 Å². The average Bonchev–Trinajstić information content (AvgIpc) is 2.70. The summed E-state index contributed by atoms with van der Waals surface area (Å²) in [5.74, 6) is -0.719. The zero-order valence-corrected chi connectivity index (χ0v) is 17.9. The standard InChI is InChI=1S/C25H30O6/c1-2-3-4-5-6-7-8-9-10-19-24(30)23-21(29)14-17(27)15-22(23)31-25(19)18-12-11-16(26)13-20(18)28/h11-15,26-29H,2-10H2,1H3. The molecule has 0 bridgehead atoms. The lowest BCUT2D eigenvalue weighted by Gasteiger charge is -2.12. The highest BCUT2D eigenvalue weighted by Crippen LogP contribution is 2.37. The van der Waals surface area contributed by atoms with E-state index in [0.29, 0.717) is 12.0 Å². The van der Waals surface area contributed by atoms with Crippen molar-refractivity contribution >= 4 is 11.0 Å². The highest BCUT2D eigenvalue weighted by Gasteiger charge is 2.21. The van der Waals surface area contributed by atoms with Gasteiger partial charge >= 0.3 is 0 Å². The molecule has 3 aromatic rings. The first kappa shape index (κ1) is 22.5. The second-order valence-electron chi connectivity index (χ2n) is 8.00. The SMILES string of the molecule is CCCCCCCCCCc1c(-c2ccc(O)cc2O)oc2cc(O)cc(O)c2c1=O. The number of benzene rings is 2. The van der Waals surface area contributed by atoms with Gasteiger partial charge in [0.25, 0.3) is 0 Å². The highest BCUT2D eigenvalue weighted by molar-refractivity contribution is 5.87. The number of fused-ring (bicyclic) bond motifs is 1. The van der Waals surface area contributed by atoms with Gasteiger partial charge in [-0.3, -0.25) is 4.79 Å². The van der Waals surface area contributed by atoms with E-state index in [1.165, 1.54) is 49.9 Å². The van der Waals surface area contributed by atoms with Crippen LogP contribution in [0.1, 0.15) is 63.9 Å². The van der Waals surface area contributed by atoms with Crippen LogP contribution in [0.3, 0.4) is 0 Å². The van der Waals surface area contributed by atoms with Gasteiger partial charge in [0.15, 0.2) is 5.43 Å². The maximum atomic E-state index is 13.2. The summed E-state index contributed by atoms with van der Waals surface area (Å²) in [4.78, 5) is 13.2. The molecule has 1 heterocycles. The minimum Gasteiger partial charge on any atom is -0.508 e. The van der Waals surface area contributed by atoms with Gasteiger partial charge in [-0.05, 0) is 25.0 Å². The van der Waals surface area contributed by atoms with Crippen LogP contribution in [0.4, 0.5) is 0 Å². The third-order valence-electron chi connectivity index (χ3n) is 5.56. The number of aromatic hydroxyl groups is 4. The first-order chi connectivity index (χ1) is 14.9. The molecule has 0 aliphatic carbocycles. The number of phenols is 4. The monoisotopic (exact) mass is 426 g/mol. The average molecular weight is 427 g/mol. The molecule has 0 aliphatic heterocycles. The van der Waals surface area contributed by atoms with Crippen LogP contribution in [0, 0.1) is 0 Å². The van der Waals surface area contributed by atoms with Crippen molar-refractivity contribution < 1.29 is 24.8 Å². The van der Waals surface area contributed by atoms with Crippen LogP contribution < -0.4 is 5.43 Å². The summed E-state index contributed by atoms with van der Waals surface area (Å²) in [7, 11) is 0. The van der Waals surface area contributed by atoms with Crippen LogP contribution in [0.2, 0.25) is 0 Å². The highest BCUT2D eigenvalue weighted by atomic mass is 16.3. The quantitative estimate of drug-likeness (QED) is 0.297. The molecule has 4 N–H and O–H groups in total. The Bertz CT molecular complexity index is 1100. The molecular formula is C25H30O6. The fraction of sp³-hybridized carbons (Fsp3) is 0.400. The van der Waals surface area contributed by atoms with E-state index in [-0.39, 0.29) is 50.7 Å². The summed E-state index contributed by atoms with van der Waals surface area (Å²) in [6, 6.07) is 6.43. The first-order valence-corrected chi connectivity index (χ1v) is 11.0. The van der Waals surface area contributed by atoms with Crippen LogP contribution in [0.5, 0.6) is 23.0 Å². The van der Waals surface area contributed by atoms with E-state index in [1.54, 1.807) is 0 Å². The Hall–Kier alpha value is -3.15. The summed E-state index contributed by atoms with van der Waals surface area (Å²) in [5.41, 5.74) is 0.281. The normalized spacial score (nSPS) is 11.3. The molecule has 1 aromatic heterocycles. The van der Waals surface area contributed by atoms with E-state index in [1.807, 2.05) is 0 Å². The molecule has 6 nitrogen and oxygen atoms in total.